The Morgan fingerprint density at radius 1 is 1.42 bits per heavy atom. The molecular weight excluding hydrogens is 249 g/mol. The zero-order valence-electron chi connectivity index (χ0n) is 11.1. The number of nitrogens with zero attached hydrogens (tertiary/aromatic N) is 1. The molecule has 1 unspecified atom stereocenters. The second kappa shape index (κ2) is 4.99. The van der Waals surface area contributed by atoms with Crippen LogP contribution in [0.2, 0.25) is 0 Å². The zero-order valence-corrected chi connectivity index (χ0v) is 11.1. The highest BCUT2D eigenvalue weighted by Crippen LogP contribution is 2.17. The van der Waals surface area contributed by atoms with Crippen LogP contribution in [0.3, 0.4) is 0 Å². The van der Waals surface area contributed by atoms with Gasteiger partial charge in [-0.2, -0.15) is 0 Å². The Morgan fingerprint density at radius 3 is 2.74 bits per heavy atom. The van der Waals surface area contributed by atoms with Crippen molar-refractivity contribution in [3.63, 3.8) is 0 Å². The van der Waals surface area contributed by atoms with Gasteiger partial charge in [0, 0.05) is 0 Å². The average molecular weight is 265 g/mol. The molecule has 0 saturated carbocycles. The molecule has 1 heterocycles. The second-order valence-corrected chi connectivity index (χ2v) is 5.27. The number of rotatable bonds is 2. The lowest BCUT2D eigenvalue weighted by Gasteiger charge is -2.20. The average Bonchev–Trinajstić information content (AvgIpc) is 2.76. The molecule has 1 atom stereocenters. The number of halogens is 1. The minimum atomic E-state index is -0.728. The fraction of sp³-hybridized carbons (Fsp3) is 0.429. The Balaban J connectivity index is 2.13. The number of carbonyl (C=O) groups excluding carboxylic acids is 1. The van der Waals surface area contributed by atoms with E-state index in [1.165, 1.54) is 6.07 Å². The van der Waals surface area contributed by atoms with Crippen molar-refractivity contribution in [2.75, 3.05) is 6.61 Å². The normalized spacial score (nSPS) is 18.7. The van der Waals surface area contributed by atoms with Crippen molar-refractivity contribution < 1.29 is 18.7 Å². The molecule has 1 aromatic carbocycles. The molecule has 0 bridgehead atoms. The lowest BCUT2D eigenvalue weighted by atomic mass is 10.2. The third-order valence-electron chi connectivity index (χ3n) is 2.43. The molecule has 2 rings (SSSR count). The second-order valence-electron chi connectivity index (χ2n) is 5.27. The molecular formula is C14H16FNO3. The number of ether oxygens (including phenoxy) is 2. The largest absolute Gasteiger partial charge is 0.474 e. The van der Waals surface area contributed by atoms with Crippen molar-refractivity contribution in [3.05, 3.63) is 35.6 Å². The number of carbonyl (C=O) groups is 1. The fourth-order valence-electron chi connectivity index (χ4n) is 1.65. The van der Waals surface area contributed by atoms with Crippen molar-refractivity contribution in [2.45, 2.75) is 32.4 Å². The lowest BCUT2D eigenvalue weighted by Crippen LogP contribution is -2.31. The maximum absolute atomic E-state index is 13.6. The number of aliphatic imine (C=N–C) groups is 1. The monoisotopic (exact) mass is 265 g/mol. The standard InChI is InChI=1S/C14H16FNO3/c1-14(2,3)19-13(17)11-8-18-12(16-11)9-6-4-5-7-10(9)15/h4-7,11H,8H2,1-3H3. The third-order valence-corrected chi connectivity index (χ3v) is 2.43. The van der Waals surface area contributed by atoms with Gasteiger partial charge in [0.2, 0.25) is 5.90 Å². The molecule has 0 aromatic heterocycles. The van der Waals surface area contributed by atoms with Gasteiger partial charge in [-0.05, 0) is 32.9 Å². The van der Waals surface area contributed by atoms with Crippen LogP contribution in [-0.2, 0) is 14.3 Å². The molecule has 1 aromatic rings. The van der Waals surface area contributed by atoms with E-state index in [2.05, 4.69) is 4.99 Å². The molecule has 0 saturated heterocycles. The summed E-state index contributed by atoms with van der Waals surface area (Å²) in [4.78, 5) is 15.9. The zero-order chi connectivity index (χ0) is 14.0. The van der Waals surface area contributed by atoms with Crippen molar-refractivity contribution in [3.8, 4) is 0 Å². The highest BCUT2D eigenvalue weighted by atomic mass is 19.1. The summed E-state index contributed by atoms with van der Waals surface area (Å²) in [5.41, 5.74) is -0.318. The van der Waals surface area contributed by atoms with E-state index in [1.807, 2.05) is 0 Å². The molecule has 0 radical (unpaired) electrons. The first kappa shape index (κ1) is 13.5. The summed E-state index contributed by atoms with van der Waals surface area (Å²) in [5, 5.41) is 0. The van der Waals surface area contributed by atoms with E-state index in [1.54, 1.807) is 39.0 Å². The van der Waals surface area contributed by atoms with E-state index >= 15 is 0 Å². The van der Waals surface area contributed by atoms with Gasteiger partial charge < -0.3 is 9.47 Å². The Labute approximate surface area is 111 Å². The Bertz CT molecular complexity index is 520. The van der Waals surface area contributed by atoms with Crippen LogP contribution >= 0.6 is 0 Å². The first-order valence-electron chi connectivity index (χ1n) is 6.05. The van der Waals surface area contributed by atoms with E-state index in [0.29, 0.717) is 0 Å². The lowest BCUT2D eigenvalue weighted by molar-refractivity contribution is -0.156. The van der Waals surface area contributed by atoms with E-state index in [4.69, 9.17) is 9.47 Å². The number of esters is 1. The van der Waals surface area contributed by atoms with Crippen LogP contribution in [-0.4, -0.2) is 30.1 Å². The molecule has 1 aliphatic heterocycles. The summed E-state index contributed by atoms with van der Waals surface area (Å²) >= 11 is 0. The first-order chi connectivity index (χ1) is 8.87. The fourth-order valence-corrected chi connectivity index (χ4v) is 1.65. The smallest absolute Gasteiger partial charge is 0.335 e. The topological polar surface area (TPSA) is 47.9 Å². The summed E-state index contributed by atoms with van der Waals surface area (Å²) in [7, 11) is 0. The number of hydrogen-bond acceptors (Lipinski definition) is 4. The quantitative estimate of drug-likeness (QED) is 0.771. The van der Waals surface area contributed by atoms with Gasteiger partial charge in [-0.1, -0.05) is 12.1 Å². The maximum atomic E-state index is 13.6. The molecule has 4 nitrogen and oxygen atoms in total. The van der Waals surface area contributed by atoms with Crippen LogP contribution in [0.15, 0.2) is 29.3 Å². The van der Waals surface area contributed by atoms with Crippen LogP contribution in [0.1, 0.15) is 26.3 Å². The molecule has 1 aliphatic rings. The number of benzene rings is 1. The van der Waals surface area contributed by atoms with Crippen LogP contribution in [0, 0.1) is 5.82 Å². The Hall–Kier alpha value is -1.91. The predicted octanol–water partition coefficient (Wildman–Crippen LogP) is 2.31. The van der Waals surface area contributed by atoms with E-state index < -0.39 is 23.4 Å². The summed E-state index contributed by atoms with van der Waals surface area (Å²) in [6.45, 7) is 5.42. The van der Waals surface area contributed by atoms with Crippen LogP contribution < -0.4 is 0 Å². The number of hydrogen-bond donors (Lipinski definition) is 0. The van der Waals surface area contributed by atoms with Crippen LogP contribution in [0.25, 0.3) is 0 Å². The predicted molar refractivity (Wildman–Crippen MR) is 68.5 cm³/mol. The highest BCUT2D eigenvalue weighted by molar-refractivity contribution is 5.97. The van der Waals surface area contributed by atoms with Gasteiger partial charge in [-0.3, -0.25) is 0 Å². The van der Waals surface area contributed by atoms with Gasteiger partial charge in [-0.15, -0.1) is 0 Å². The van der Waals surface area contributed by atoms with Crippen molar-refractivity contribution in [1.82, 2.24) is 0 Å². The minimum absolute atomic E-state index is 0.0819. The highest BCUT2D eigenvalue weighted by Gasteiger charge is 2.31. The first-order valence-corrected chi connectivity index (χ1v) is 6.05. The molecule has 0 spiro atoms. The molecule has 0 N–H and O–H groups in total. The maximum Gasteiger partial charge on any atom is 0.335 e. The molecule has 0 fully saturated rings. The van der Waals surface area contributed by atoms with Gasteiger partial charge in [0.1, 0.15) is 18.0 Å². The van der Waals surface area contributed by atoms with Crippen LogP contribution in [0.5, 0.6) is 0 Å². The third kappa shape index (κ3) is 3.30. The van der Waals surface area contributed by atoms with E-state index in [0.717, 1.165) is 0 Å². The van der Waals surface area contributed by atoms with Gasteiger partial charge in [-0.25, -0.2) is 14.2 Å². The van der Waals surface area contributed by atoms with Gasteiger partial charge in [0.25, 0.3) is 0 Å². The van der Waals surface area contributed by atoms with Gasteiger partial charge in [0.05, 0.1) is 5.56 Å². The van der Waals surface area contributed by atoms with Crippen molar-refractivity contribution >= 4 is 11.9 Å². The minimum Gasteiger partial charge on any atom is -0.474 e. The van der Waals surface area contributed by atoms with Gasteiger partial charge in [0.15, 0.2) is 6.04 Å². The molecule has 0 amide bonds. The molecule has 102 valence electrons. The van der Waals surface area contributed by atoms with E-state index in [9.17, 15) is 9.18 Å². The summed E-state index contributed by atoms with van der Waals surface area (Å²) in [6.07, 6.45) is 0. The summed E-state index contributed by atoms with van der Waals surface area (Å²) in [5.74, 6) is -0.737. The SMILES string of the molecule is CC(C)(C)OC(=O)C1COC(c2ccccc2F)=N1. The summed E-state index contributed by atoms with van der Waals surface area (Å²) in [6, 6.07) is 5.42. The Kier molecular flexibility index (Phi) is 3.55. The van der Waals surface area contributed by atoms with Crippen LogP contribution in [0.4, 0.5) is 4.39 Å². The molecule has 5 heteroatoms. The van der Waals surface area contributed by atoms with Gasteiger partial charge >= 0.3 is 5.97 Å². The van der Waals surface area contributed by atoms with E-state index in [-0.39, 0.29) is 18.1 Å². The Morgan fingerprint density at radius 2 is 2.11 bits per heavy atom. The summed E-state index contributed by atoms with van der Waals surface area (Å²) < 4.78 is 24.1. The van der Waals surface area contributed by atoms with Crippen molar-refractivity contribution in [2.24, 2.45) is 4.99 Å². The molecule has 19 heavy (non-hydrogen) atoms. The van der Waals surface area contributed by atoms with Crippen molar-refractivity contribution in [1.29, 1.82) is 0 Å². The molecule has 0 aliphatic carbocycles.